The van der Waals surface area contributed by atoms with Crippen molar-refractivity contribution in [3.05, 3.63) is 80.7 Å². The summed E-state index contributed by atoms with van der Waals surface area (Å²) >= 11 is 6.01. The molecule has 1 atom stereocenters. The average Bonchev–Trinajstić information content (AvgIpc) is 2.90. The van der Waals surface area contributed by atoms with Crippen LogP contribution in [0.15, 0.2) is 57.7 Å². The van der Waals surface area contributed by atoms with Crippen molar-refractivity contribution < 1.29 is 14.3 Å². The number of hydrogen-bond acceptors (Lipinski definition) is 4. The minimum Gasteiger partial charge on any atom is -0.450 e. The van der Waals surface area contributed by atoms with Gasteiger partial charge in [-0.05, 0) is 23.8 Å². The number of carbonyl (C=O) groups excluding carboxylic acids is 1. The molecule has 1 amide bonds. The summed E-state index contributed by atoms with van der Waals surface area (Å²) in [6, 6.07) is 13.4. The first-order chi connectivity index (χ1) is 12.1. The van der Waals surface area contributed by atoms with Gasteiger partial charge in [0, 0.05) is 11.6 Å². The highest BCUT2D eigenvalue weighted by molar-refractivity contribution is 6.31. The molecule has 5 nitrogen and oxygen atoms in total. The van der Waals surface area contributed by atoms with E-state index >= 15 is 0 Å². The van der Waals surface area contributed by atoms with E-state index in [1.807, 2.05) is 30.3 Å². The lowest BCUT2D eigenvalue weighted by molar-refractivity contribution is 0.0691. The van der Waals surface area contributed by atoms with Crippen molar-refractivity contribution in [2.24, 2.45) is 0 Å². The van der Waals surface area contributed by atoms with Crippen LogP contribution in [0.5, 0.6) is 0 Å². The molecule has 0 saturated carbocycles. The number of β-amino-alcohol motifs (C(OH)–C–C–N with tert-alkyl or cyclic N) is 1. The Morgan fingerprint density at radius 1 is 1.12 bits per heavy atom. The number of amides is 1. The maximum Gasteiger partial charge on any atom is 0.290 e. The standard InChI is InChI=1S/C19H14ClNO4/c20-12-6-7-14-13(10-12)17(23)15-16(11-4-2-1-3-5-11)21(8-9-22)19(24)18(15)25-14/h1-7,10,16,22H,8-9H2/t16-/m1/s1. The lowest BCUT2D eigenvalue weighted by Crippen LogP contribution is -2.32. The Kier molecular flexibility index (Phi) is 3.82. The van der Waals surface area contributed by atoms with E-state index in [1.54, 1.807) is 18.2 Å². The molecule has 0 saturated heterocycles. The van der Waals surface area contributed by atoms with Crippen molar-refractivity contribution in [1.29, 1.82) is 0 Å². The number of nitrogens with zero attached hydrogens (tertiary/aromatic N) is 1. The van der Waals surface area contributed by atoms with Gasteiger partial charge in [0.15, 0.2) is 5.43 Å². The van der Waals surface area contributed by atoms with Gasteiger partial charge < -0.3 is 14.4 Å². The second-order valence-electron chi connectivity index (χ2n) is 5.85. The third-order valence-electron chi connectivity index (χ3n) is 4.38. The lowest BCUT2D eigenvalue weighted by atomic mass is 9.98. The van der Waals surface area contributed by atoms with Gasteiger partial charge in [-0.25, -0.2) is 0 Å². The van der Waals surface area contributed by atoms with E-state index in [-0.39, 0.29) is 24.3 Å². The van der Waals surface area contributed by atoms with Gasteiger partial charge in [0.1, 0.15) is 5.58 Å². The van der Waals surface area contributed by atoms with Crippen LogP contribution in [0.3, 0.4) is 0 Å². The molecule has 1 aromatic heterocycles. The number of hydrogen-bond donors (Lipinski definition) is 1. The van der Waals surface area contributed by atoms with Gasteiger partial charge in [-0.2, -0.15) is 0 Å². The van der Waals surface area contributed by atoms with Crippen LogP contribution in [0.1, 0.15) is 27.7 Å². The zero-order chi connectivity index (χ0) is 17.6. The highest BCUT2D eigenvalue weighted by Crippen LogP contribution is 2.37. The van der Waals surface area contributed by atoms with Crippen molar-refractivity contribution in [3.63, 3.8) is 0 Å². The predicted octanol–water partition coefficient (Wildman–Crippen LogP) is 2.98. The molecular formula is C19H14ClNO4. The Balaban J connectivity index is 2.03. The molecule has 2 aromatic carbocycles. The second-order valence-corrected chi connectivity index (χ2v) is 6.29. The first kappa shape index (κ1) is 15.9. The molecule has 2 heterocycles. The van der Waals surface area contributed by atoms with Crippen LogP contribution in [0.4, 0.5) is 0 Å². The fourth-order valence-corrected chi connectivity index (χ4v) is 3.48. The van der Waals surface area contributed by atoms with Crippen molar-refractivity contribution in [3.8, 4) is 0 Å². The topological polar surface area (TPSA) is 70.8 Å². The molecule has 0 aliphatic carbocycles. The Hall–Kier alpha value is -2.63. The third kappa shape index (κ3) is 2.44. The summed E-state index contributed by atoms with van der Waals surface area (Å²) in [6.07, 6.45) is 0. The molecule has 6 heteroatoms. The summed E-state index contributed by atoms with van der Waals surface area (Å²) < 4.78 is 5.75. The van der Waals surface area contributed by atoms with E-state index in [2.05, 4.69) is 0 Å². The summed E-state index contributed by atoms with van der Waals surface area (Å²) in [4.78, 5) is 27.3. The molecule has 0 spiro atoms. The number of halogens is 1. The quantitative estimate of drug-likeness (QED) is 0.784. The molecule has 1 aliphatic rings. The summed E-state index contributed by atoms with van der Waals surface area (Å²) in [5.74, 6) is -0.367. The van der Waals surface area contributed by atoms with Gasteiger partial charge in [-0.1, -0.05) is 41.9 Å². The van der Waals surface area contributed by atoms with E-state index in [0.717, 1.165) is 5.56 Å². The fraction of sp³-hybridized carbons (Fsp3) is 0.158. The number of aliphatic hydroxyl groups excluding tert-OH is 1. The Morgan fingerprint density at radius 2 is 1.88 bits per heavy atom. The first-order valence-corrected chi connectivity index (χ1v) is 8.22. The maximum atomic E-state index is 13.1. The number of rotatable bonds is 3. The molecular weight excluding hydrogens is 342 g/mol. The van der Waals surface area contributed by atoms with E-state index < -0.39 is 11.9 Å². The molecule has 126 valence electrons. The molecule has 0 unspecified atom stereocenters. The molecule has 0 bridgehead atoms. The van der Waals surface area contributed by atoms with E-state index in [9.17, 15) is 14.7 Å². The Morgan fingerprint density at radius 3 is 2.60 bits per heavy atom. The molecule has 25 heavy (non-hydrogen) atoms. The highest BCUT2D eigenvalue weighted by atomic mass is 35.5. The fourth-order valence-electron chi connectivity index (χ4n) is 3.31. The summed E-state index contributed by atoms with van der Waals surface area (Å²) in [5, 5.41) is 10.1. The zero-order valence-electron chi connectivity index (χ0n) is 13.1. The molecule has 3 aromatic rings. The van der Waals surface area contributed by atoms with Crippen LogP contribution in [-0.2, 0) is 0 Å². The molecule has 4 rings (SSSR count). The van der Waals surface area contributed by atoms with Gasteiger partial charge in [0.05, 0.1) is 23.6 Å². The van der Waals surface area contributed by atoms with Gasteiger partial charge >= 0.3 is 0 Å². The number of aliphatic hydroxyl groups is 1. The van der Waals surface area contributed by atoms with Crippen LogP contribution in [0, 0.1) is 0 Å². The normalized spacial score (nSPS) is 16.5. The van der Waals surface area contributed by atoms with Crippen LogP contribution >= 0.6 is 11.6 Å². The maximum absolute atomic E-state index is 13.1. The molecule has 0 radical (unpaired) electrons. The van der Waals surface area contributed by atoms with Crippen molar-refractivity contribution >= 4 is 28.5 Å². The van der Waals surface area contributed by atoms with E-state index in [1.165, 1.54) is 4.90 Å². The van der Waals surface area contributed by atoms with Crippen LogP contribution < -0.4 is 5.43 Å². The van der Waals surface area contributed by atoms with Gasteiger partial charge in [0.25, 0.3) is 5.91 Å². The number of fused-ring (bicyclic) bond motifs is 2. The van der Waals surface area contributed by atoms with Gasteiger partial charge in [-0.15, -0.1) is 0 Å². The number of benzene rings is 2. The Bertz CT molecular complexity index is 1030. The predicted molar refractivity (Wildman–Crippen MR) is 93.9 cm³/mol. The van der Waals surface area contributed by atoms with Crippen molar-refractivity contribution in [2.75, 3.05) is 13.2 Å². The minimum absolute atomic E-state index is 0.0297. The Labute approximate surface area is 148 Å². The molecule has 0 fully saturated rings. The van der Waals surface area contributed by atoms with E-state index in [0.29, 0.717) is 21.6 Å². The SMILES string of the molecule is O=C1c2oc3ccc(Cl)cc3c(=O)c2[C@@H](c2ccccc2)N1CCO. The number of carbonyl (C=O) groups is 1. The summed E-state index contributed by atoms with van der Waals surface area (Å²) in [7, 11) is 0. The molecule has 1 N–H and O–H groups in total. The third-order valence-corrected chi connectivity index (χ3v) is 4.62. The first-order valence-electron chi connectivity index (χ1n) is 7.85. The van der Waals surface area contributed by atoms with Gasteiger partial charge in [-0.3, -0.25) is 9.59 Å². The van der Waals surface area contributed by atoms with Crippen LogP contribution in [-0.4, -0.2) is 29.1 Å². The van der Waals surface area contributed by atoms with Crippen molar-refractivity contribution in [2.45, 2.75) is 6.04 Å². The van der Waals surface area contributed by atoms with Crippen molar-refractivity contribution in [1.82, 2.24) is 4.90 Å². The molecule has 1 aliphatic heterocycles. The van der Waals surface area contributed by atoms with Gasteiger partial charge in [0.2, 0.25) is 5.76 Å². The van der Waals surface area contributed by atoms with E-state index in [4.69, 9.17) is 16.0 Å². The summed E-state index contributed by atoms with van der Waals surface area (Å²) in [6.45, 7) is -0.0955. The minimum atomic E-state index is -0.588. The smallest absolute Gasteiger partial charge is 0.290 e. The average molecular weight is 356 g/mol. The second kappa shape index (κ2) is 6.02. The highest BCUT2D eigenvalue weighted by Gasteiger charge is 2.42. The van der Waals surface area contributed by atoms with Crippen LogP contribution in [0.25, 0.3) is 11.0 Å². The van der Waals surface area contributed by atoms with Crippen LogP contribution in [0.2, 0.25) is 5.02 Å². The monoisotopic (exact) mass is 355 g/mol. The zero-order valence-corrected chi connectivity index (χ0v) is 13.9. The largest absolute Gasteiger partial charge is 0.450 e. The lowest BCUT2D eigenvalue weighted by Gasteiger charge is -2.24. The summed E-state index contributed by atoms with van der Waals surface area (Å²) in [5.41, 5.74) is 1.12.